The predicted molar refractivity (Wildman–Crippen MR) is 114 cm³/mol. The molecular weight excluding hydrogens is 386 g/mol. The molecule has 1 atom stereocenters. The molecule has 0 saturated heterocycles. The Kier molecular flexibility index (Phi) is 5.53. The van der Waals surface area contributed by atoms with Crippen LogP contribution in [0.2, 0.25) is 0 Å². The van der Waals surface area contributed by atoms with Crippen molar-refractivity contribution in [1.29, 1.82) is 0 Å². The van der Waals surface area contributed by atoms with Crippen LogP contribution in [-0.4, -0.2) is 38.0 Å². The van der Waals surface area contributed by atoms with Crippen LogP contribution in [0.4, 0.5) is 5.82 Å². The fraction of sp³-hybridized carbons (Fsp3) is 0.333. The van der Waals surface area contributed by atoms with E-state index in [2.05, 4.69) is 46.4 Å². The van der Waals surface area contributed by atoms with Crippen LogP contribution in [-0.2, 0) is 4.79 Å². The van der Waals surface area contributed by atoms with Gasteiger partial charge in [-0.25, -0.2) is 9.97 Å². The van der Waals surface area contributed by atoms with Gasteiger partial charge in [-0.2, -0.15) is 9.78 Å². The van der Waals surface area contributed by atoms with Crippen molar-refractivity contribution in [2.45, 2.75) is 26.0 Å². The lowest BCUT2D eigenvalue weighted by Gasteiger charge is -2.16. The van der Waals surface area contributed by atoms with E-state index in [1.165, 1.54) is 0 Å². The van der Waals surface area contributed by atoms with Gasteiger partial charge in [-0.05, 0) is 36.6 Å². The van der Waals surface area contributed by atoms with Crippen molar-refractivity contribution in [2.24, 2.45) is 5.92 Å². The summed E-state index contributed by atoms with van der Waals surface area (Å²) in [6.07, 6.45) is 3.32. The number of carbonyl (C=O) groups excluding carboxylic acids is 1. The first-order valence-corrected chi connectivity index (χ1v) is 10.6. The van der Waals surface area contributed by atoms with Crippen molar-refractivity contribution in [3.63, 3.8) is 0 Å². The summed E-state index contributed by atoms with van der Waals surface area (Å²) >= 11 is 1.59. The zero-order valence-electron chi connectivity index (χ0n) is 16.6. The molecule has 0 unspecified atom stereocenters. The zero-order valence-corrected chi connectivity index (χ0v) is 17.4. The van der Waals surface area contributed by atoms with Crippen molar-refractivity contribution < 1.29 is 9.53 Å². The highest BCUT2D eigenvalue weighted by Crippen LogP contribution is 2.43. The minimum absolute atomic E-state index is 0.0273. The molecule has 29 heavy (non-hydrogen) atoms. The van der Waals surface area contributed by atoms with E-state index in [-0.39, 0.29) is 11.2 Å². The summed E-state index contributed by atoms with van der Waals surface area (Å²) in [5.74, 6) is 2.68. The van der Waals surface area contributed by atoms with Crippen LogP contribution in [0.15, 0.2) is 42.7 Å². The average molecular weight is 410 g/mol. The van der Waals surface area contributed by atoms with Crippen molar-refractivity contribution in [3.8, 4) is 11.7 Å². The summed E-state index contributed by atoms with van der Waals surface area (Å²) < 4.78 is 7.41. The maximum absolute atomic E-state index is 12.4. The minimum Gasteiger partial charge on any atom is -0.493 e. The molecule has 0 radical (unpaired) electrons. The first kappa shape index (κ1) is 19.4. The molecule has 0 fully saturated rings. The Morgan fingerprint density at radius 2 is 1.97 bits per heavy atom. The van der Waals surface area contributed by atoms with Crippen LogP contribution in [0, 0.1) is 12.8 Å². The van der Waals surface area contributed by atoms with Gasteiger partial charge >= 0.3 is 0 Å². The van der Waals surface area contributed by atoms with Crippen LogP contribution >= 0.6 is 11.8 Å². The van der Waals surface area contributed by atoms with Gasteiger partial charge in [-0.1, -0.05) is 26.0 Å². The van der Waals surface area contributed by atoms with E-state index in [4.69, 9.17) is 4.74 Å². The molecule has 3 aromatic rings. The lowest BCUT2D eigenvalue weighted by Crippen LogP contribution is -2.16. The molecule has 2 aromatic heterocycles. The fourth-order valence-corrected chi connectivity index (χ4v) is 4.38. The zero-order chi connectivity index (χ0) is 20.4. The third kappa shape index (κ3) is 4.12. The summed E-state index contributed by atoms with van der Waals surface area (Å²) in [6, 6.07) is 9.83. The number of hydrogen-bond acceptors (Lipinski definition) is 6. The molecule has 1 aliphatic heterocycles. The second-order valence-electron chi connectivity index (χ2n) is 7.32. The van der Waals surface area contributed by atoms with Gasteiger partial charge < -0.3 is 10.1 Å². The highest BCUT2D eigenvalue weighted by molar-refractivity contribution is 8.00. The number of ether oxygens (including phenoxy) is 1. The average Bonchev–Trinajstić information content (AvgIpc) is 2.93. The fourth-order valence-electron chi connectivity index (χ4n) is 3.19. The van der Waals surface area contributed by atoms with Crippen molar-refractivity contribution in [3.05, 3.63) is 59.5 Å². The largest absolute Gasteiger partial charge is 0.493 e. The number of rotatable bonds is 5. The van der Waals surface area contributed by atoms with Crippen LogP contribution in [0.5, 0.6) is 5.75 Å². The summed E-state index contributed by atoms with van der Waals surface area (Å²) in [5.41, 5.74) is 2.91. The molecule has 1 aromatic carbocycles. The van der Waals surface area contributed by atoms with Crippen molar-refractivity contribution in [2.75, 3.05) is 17.7 Å². The van der Waals surface area contributed by atoms with E-state index in [1.807, 2.05) is 19.1 Å². The number of nitrogens with zero attached hydrogens (tertiary/aromatic N) is 4. The first-order chi connectivity index (χ1) is 14.0. The monoisotopic (exact) mass is 409 g/mol. The Morgan fingerprint density at radius 1 is 1.24 bits per heavy atom. The standard InChI is InChI=1S/C21H23N5O2S/c1-13(2)11-28-16-7-5-15(6-8-16)19-18-14(3)25-26(21-22-9-4-10-23-21)20(18)24-17(27)12-29-19/h4-10,13,19H,11-12H2,1-3H3,(H,24,27)/t19-/m0/s1. The van der Waals surface area contributed by atoms with Gasteiger partial charge in [0.1, 0.15) is 11.6 Å². The Bertz CT molecular complexity index is 1000. The normalized spacial score (nSPS) is 16.3. The molecule has 4 rings (SSSR count). The van der Waals surface area contributed by atoms with Gasteiger partial charge in [0.15, 0.2) is 0 Å². The lowest BCUT2D eigenvalue weighted by atomic mass is 10.0. The third-order valence-electron chi connectivity index (χ3n) is 4.52. The van der Waals surface area contributed by atoms with E-state index >= 15 is 0 Å². The molecule has 0 spiro atoms. The van der Waals surface area contributed by atoms with Gasteiger partial charge in [0.25, 0.3) is 5.95 Å². The molecule has 7 nitrogen and oxygen atoms in total. The van der Waals surface area contributed by atoms with E-state index in [1.54, 1.807) is 34.9 Å². The van der Waals surface area contributed by atoms with Gasteiger partial charge in [0.05, 0.1) is 23.3 Å². The van der Waals surface area contributed by atoms with Crippen LogP contribution in [0.1, 0.15) is 35.9 Å². The summed E-state index contributed by atoms with van der Waals surface area (Å²) in [4.78, 5) is 21.0. The summed E-state index contributed by atoms with van der Waals surface area (Å²) in [7, 11) is 0. The predicted octanol–water partition coefficient (Wildman–Crippen LogP) is 3.78. The van der Waals surface area contributed by atoms with E-state index in [0.29, 0.717) is 30.0 Å². The number of anilines is 1. The number of thioether (sulfide) groups is 1. The molecule has 150 valence electrons. The van der Waals surface area contributed by atoms with Gasteiger partial charge in [0.2, 0.25) is 5.91 Å². The van der Waals surface area contributed by atoms with Crippen molar-refractivity contribution >= 4 is 23.5 Å². The number of aromatic nitrogens is 4. The minimum atomic E-state index is -0.0623. The summed E-state index contributed by atoms with van der Waals surface area (Å²) in [5, 5.41) is 7.58. The number of carbonyl (C=O) groups is 1. The highest BCUT2D eigenvalue weighted by atomic mass is 32.2. The maximum Gasteiger partial charge on any atom is 0.252 e. The second kappa shape index (κ2) is 8.24. The summed E-state index contributed by atoms with van der Waals surface area (Å²) in [6.45, 7) is 6.88. The molecule has 1 aliphatic rings. The van der Waals surface area contributed by atoms with Crippen molar-refractivity contribution in [1.82, 2.24) is 19.7 Å². The number of aryl methyl sites for hydroxylation is 1. The smallest absolute Gasteiger partial charge is 0.252 e. The number of amides is 1. The maximum atomic E-state index is 12.4. The van der Waals surface area contributed by atoms with Crippen LogP contribution in [0.25, 0.3) is 5.95 Å². The van der Waals surface area contributed by atoms with Crippen LogP contribution in [0.3, 0.4) is 0 Å². The molecule has 0 saturated carbocycles. The third-order valence-corrected chi connectivity index (χ3v) is 5.79. The topological polar surface area (TPSA) is 81.9 Å². The van der Waals surface area contributed by atoms with Gasteiger partial charge in [-0.3, -0.25) is 4.79 Å². The van der Waals surface area contributed by atoms with E-state index < -0.39 is 0 Å². The molecule has 0 bridgehead atoms. The molecule has 0 aliphatic carbocycles. The number of fused-ring (bicyclic) bond motifs is 1. The molecule has 1 amide bonds. The lowest BCUT2D eigenvalue weighted by molar-refractivity contribution is -0.113. The molecule has 3 heterocycles. The molecule has 1 N–H and O–H groups in total. The van der Waals surface area contributed by atoms with Gasteiger partial charge in [0, 0.05) is 18.0 Å². The Balaban J connectivity index is 1.72. The SMILES string of the molecule is Cc1nn(-c2ncccn2)c2c1[C@H](c1ccc(OCC(C)C)cc1)SCC(=O)N2. The van der Waals surface area contributed by atoms with Crippen LogP contribution < -0.4 is 10.1 Å². The Morgan fingerprint density at radius 3 is 2.66 bits per heavy atom. The second-order valence-corrected chi connectivity index (χ2v) is 8.41. The van der Waals surface area contributed by atoms with Gasteiger partial charge in [-0.15, -0.1) is 11.8 Å². The molecular formula is C21H23N5O2S. The Hall–Kier alpha value is -2.87. The highest BCUT2D eigenvalue weighted by Gasteiger charge is 2.31. The number of nitrogens with one attached hydrogen (secondary N) is 1. The molecule has 8 heteroatoms. The van der Waals surface area contributed by atoms with E-state index in [0.717, 1.165) is 22.6 Å². The van der Waals surface area contributed by atoms with E-state index in [9.17, 15) is 4.79 Å². The number of benzene rings is 1. The quantitative estimate of drug-likeness (QED) is 0.691. The number of hydrogen-bond donors (Lipinski definition) is 1. The first-order valence-electron chi connectivity index (χ1n) is 9.54. The Labute approximate surface area is 173 Å².